The van der Waals surface area contributed by atoms with Gasteiger partial charge in [-0.1, -0.05) is 30.3 Å². The Morgan fingerprint density at radius 2 is 1.78 bits per heavy atom. The minimum Gasteiger partial charge on any atom is -0.438 e. The second-order valence-electron chi connectivity index (χ2n) is 7.37. The van der Waals surface area contributed by atoms with Crippen molar-refractivity contribution in [1.29, 1.82) is 0 Å². The predicted molar refractivity (Wildman–Crippen MR) is 118 cm³/mol. The summed E-state index contributed by atoms with van der Waals surface area (Å²) >= 11 is 0. The Labute approximate surface area is 182 Å². The molecule has 158 valence electrons. The van der Waals surface area contributed by atoms with E-state index in [1.807, 2.05) is 36.4 Å². The Kier molecular flexibility index (Phi) is 4.74. The zero-order valence-corrected chi connectivity index (χ0v) is 17.1. The summed E-state index contributed by atoms with van der Waals surface area (Å²) < 4.78 is 21.0. The highest BCUT2D eigenvalue weighted by Crippen LogP contribution is 2.37. The van der Waals surface area contributed by atoms with Crippen molar-refractivity contribution in [2.75, 3.05) is 0 Å². The molecule has 0 saturated carbocycles. The summed E-state index contributed by atoms with van der Waals surface area (Å²) in [6, 6.07) is 16.9. The number of rotatable bonds is 5. The van der Waals surface area contributed by atoms with E-state index in [9.17, 15) is 9.18 Å². The second kappa shape index (κ2) is 7.73. The highest BCUT2D eigenvalue weighted by atomic mass is 19.1. The summed E-state index contributed by atoms with van der Waals surface area (Å²) in [5, 5.41) is 5.28. The van der Waals surface area contributed by atoms with E-state index in [4.69, 9.17) is 10.2 Å². The fraction of sp³-hybridized carbons (Fsp3) is 0.0833. The molecular formula is C24H18FN5O2. The molecule has 0 fully saturated rings. The maximum atomic E-state index is 13.5. The Bertz CT molecular complexity index is 1420. The largest absolute Gasteiger partial charge is 0.438 e. The van der Waals surface area contributed by atoms with Crippen molar-refractivity contribution in [3.63, 3.8) is 0 Å². The van der Waals surface area contributed by atoms with Gasteiger partial charge in [0.1, 0.15) is 29.6 Å². The van der Waals surface area contributed by atoms with Crippen molar-refractivity contribution < 1.29 is 13.6 Å². The third-order valence-corrected chi connectivity index (χ3v) is 5.30. The molecule has 0 aliphatic heterocycles. The number of hydrogen-bond donors (Lipinski definition) is 1. The van der Waals surface area contributed by atoms with Gasteiger partial charge in [-0.15, -0.1) is 0 Å². The average Bonchev–Trinajstić information content (AvgIpc) is 3.44. The van der Waals surface area contributed by atoms with Gasteiger partial charge in [0.25, 0.3) is 0 Å². The normalized spacial score (nSPS) is 12.2. The summed E-state index contributed by atoms with van der Waals surface area (Å²) in [4.78, 5) is 20.5. The molecule has 1 atom stereocenters. The van der Waals surface area contributed by atoms with Crippen molar-refractivity contribution in [3.8, 4) is 33.8 Å². The highest BCUT2D eigenvalue weighted by Gasteiger charge is 2.22. The number of primary amides is 1. The lowest BCUT2D eigenvalue weighted by atomic mass is 10.0. The van der Waals surface area contributed by atoms with Crippen LogP contribution in [0.5, 0.6) is 0 Å². The summed E-state index contributed by atoms with van der Waals surface area (Å²) in [6.07, 6.45) is 3.13. The maximum absolute atomic E-state index is 13.5. The number of nitrogens with two attached hydrogens (primary N) is 1. The fourth-order valence-corrected chi connectivity index (χ4v) is 3.53. The summed E-state index contributed by atoms with van der Waals surface area (Å²) in [5.74, 6) is -0.220. The minimum atomic E-state index is -0.676. The molecule has 2 N–H and O–H groups in total. The number of furan rings is 1. The minimum absolute atomic E-state index is 0.355. The molecule has 0 bridgehead atoms. The Balaban J connectivity index is 1.72. The first-order valence-corrected chi connectivity index (χ1v) is 9.96. The van der Waals surface area contributed by atoms with E-state index < -0.39 is 11.9 Å². The standard InChI is InChI=1S/C24H18FN5O2/c1-14(23(26)31)30-12-19(21(29-30)16-7-9-17(25)10-8-16)22-18-11-20(15-5-3-2-4-6-15)32-24(18)28-13-27-22/h2-14H,1H3,(H2,26,31). The highest BCUT2D eigenvalue weighted by molar-refractivity contribution is 5.96. The van der Waals surface area contributed by atoms with E-state index in [1.54, 1.807) is 25.3 Å². The first-order valence-electron chi connectivity index (χ1n) is 9.96. The molecule has 5 aromatic rings. The van der Waals surface area contributed by atoms with Crippen molar-refractivity contribution in [2.45, 2.75) is 13.0 Å². The maximum Gasteiger partial charge on any atom is 0.241 e. The van der Waals surface area contributed by atoms with Crippen LogP contribution in [0.2, 0.25) is 0 Å². The average molecular weight is 427 g/mol. The summed E-state index contributed by atoms with van der Waals surface area (Å²) in [5.41, 5.74) is 9.28. The van der Waals surface area contributed by atoms with Crippen LogP contribution in [0.25, 0.3) is 44.9 Å². The number of fused-ring (bicyclic) bond motifs is 1. The van der Waals surface area contributed by atoms with Crippen LogP contribution in [0, 0.1) is 5.82 Å². The first kappa shape index (κ1) is 19.6. The lowest BCUT2D eigenvalue weighted by Gasteiger charge is -2.06. The van der Waals surface area contributed by atoms with Gasteiger partial charge < -0.3 is 10.2 Å². The quantitative estimate of drug-likeness (QED) is 0.442. The fourth-order valence-electron chi connectivity index (χ4n) is 3.53. The van der Waals surface area contributed by atoms with E-state index in [0.717, 1.165) is 5.56 Å². The van der Waals surface area contributed by atoms with Gasteiger partial charge in [-0.05, 0) is 37.3 Å². The van der Waals surface area contributed by atoms with Crippen LogP contribution in [0.15, 0.2) is 77.6 Å². The number of carbonyl (C=O) groups is 1. The summed E-state index contributed by atoms with van der Waals surface area (Å²) in [6.45, 7) is 1.66. The zero-order valence-electron chi connectivity index (χ0n) is 17.1. The number of benzene rings is 2. The molecule has 0 spiro atoms. The van der Waals surface area contributed by atoms with Crippen molar-refractivity contribution in [3.05, 3.63) is 79.0 Å². The van der Waals surface area contributed by atoms with Gasteiger partial charge in [0.2, 0.25) is 11.6 Å². The molecular weight excluding hydrogens is 409 g/mol. The molecule has 0 radical (unpaired) electrons. The van der Waals surface area contributed by atoms with Crippen molar-refractivity contribution in [1.82, 2.24) is 19.7 Å². The topological polar surface area (TPSA) is 99.8 Å². The number of nitrogens with zero attached hydrogens (tertiary/aromatic N) is 4. The molecule has 0 aliphatic rings. The van der Waals surface area contributed by atoms with Gasteiger partial charge in [-0.2, -0.15) is 5.10 Å². The van der Waals surface area contributed by atoms with Gasteiger partial charge in [-0.3, -0.25) is 9.48 Å². The Morgan fingerprint density at radius 3 is 2.50 bits per heavy atom. The number of amides is 1. The molecule has 32 heavy (non-hydrogen) atoms. The van der Waals surface area contributed by atoms with E-state index in [1.165, 1.54) is 23.1 Å². The first-order chi connectivity index (χ1) is 15.5. The molecule has 7 nitrogen and oxygen atoms in total. The van der Waals surface area contributed by atoms with Crippen molar-refractivity contribution >= 4 is 17.0 Å². The Hall–Kier alpha value is -4.33. The van der Waals surface area contributed by atoms with Gasteiger partial charge in [-0.25, -0.2) is 14.4 Å². The van der Waals surface area contributed by atoms with E-state index in [-0.39, 0.29) is 5.82 Å². The van der Waals surface area contributed by atoms with Gasteiger partial charge >= 0.3 is 0 Å². The van der Waals surface area contributed by atoms with Crippen LogP contribution >= 0.6 is 0 Å². The molecule has 1 unspecified atom stereocenters. The summed E-state index contributed by atoms with van der Waals surface area (Å²) in [7, 11) is 0. The van der Waals surface area contributed by atoms with E-state index in [2.05, 4.69) is 15.1 Å². The molecule has 5 rings (SSSR count). The predicted octanol–water partition coefficient (Wildman–Crippen LogP) is 4.61. The molecule has 3 aromatic heterocycles. The van der Waals surface area contributed by atoms with E-state index >= 15 is 0 Å². The zero-order chi connectivity index (χ0) is 22.2. The van der Waals surface area contributed by atoms with E-state index in [0.29, 0.717) is 39.4 Å². The van der Waals surface area contributed by atoms with Crippen LogP contribution in [-0.2, 0) is 4.79 Å². The number of aromatic nitrogens is 4. The smallest absolute Gasteiger partial charge is 0.241 e. The second-order valence-corrected chi connectivity index (χ2v) is 7.37. The monoisotopic (exact) mass is 427 g/mol. The molecule has 8 heteroatoms. The third kappa shape index (κ3) is 3.41. The molecule has 0 aliphatic carbocycles. The Morgan fingerprint density at radius 1 is 1.03 bits per heavy atom. The molecule has 2 aromatic carbocycles. The number of halogens is 1. The molecule has 3 heterocycles. The van der Waals surface area contributed by atoms with Crippen molar-refractivity contribution in [2.24, 2.45) is 5.73 Å². The van der Waals surface area contributed by atoms with Gasteiger partial charge in [0, 0.05) is 22.9 Å². The molecule has 1 amide bonds. The van der Waals surface area contributed by atoms with Gasteiger partial charge in [0.05, 0.1) is 11.1 Å². The number of hydrogen-bond acceptors (Lipinski definition) is 5. The van der Waals surface area contributed by atoms with Crippen LogP contribution in [0.3, 0.4) is 0 Å². The van der Waals surface area contributed by atoms with Crippen LogP contribution in [0.4, 0.5) is 4.39 Å². The third-order valence-electron chi connectivity index (χ3n) is 5.30. The van der Waals surface area contributed by atoms with Crippen LogP contribution < -0.4 is 5.73 Å². The number of carbonyl (C=O) groups excluding carboxylic acids is 1. The van der Waals surface area contributed by atoms with Gasteiger partial charge in [0.15, 0.2) is 0 Å². The molecule has 0 saturated heterocycles. The lowest BCUT2D eigenvalue weighted by Crippen LogP contribution is -2.24. The lowest BCUT2D eigenvalue weighted by molar-refractivity contribution is -0.120. The SMILES string of the molecule is CC(C(N)=O)n1cc(-c2ncnc3oc(-c4ccccc4)cc23)c(-c2ccc(F)cc2)n1. The van der Waals surface area contributed by atoms with Crippen LogP contribution in [-0.4, -0.2) is 25.7 Å². The van der Waals surface area contributed by atoms with Crippen LogP contribution in [0.1, 0.15) is 13.0 Å².